The van der Waals surface area contributed by atoms with Gasteiger partial charge in [0.05, 0.1) is 45.0 Å². The van der Waals surface area contributed by atoms with Crippen LogP contribution < -0.4 is 10.6 Å². The van der Waals surface area contributed by atoms with E-state index in [1.807, 2.05) is 0 Å². The van der Waals surface area contributed by atoms with Crippen LogP contribution in [0.3, 0.4) is 0 Å². The predicted octanol–water partition coefficient (Wildman–Crippen LogP) is 7.64. The Hall–Kier alpha value is -7.14. The van der Waals surface area contributed by atoms with Gasteiger partial charge in [-0.1, -0.05) is 0 Å². The summed E-state index contributed by atoms with van der Waals surface area (Å²) in [5.41, 5.74) is 1.03. The second kappa shape index (κ2) is 14.5. The number of benzene rings is 4. The van der Waals surface area contributed by atoms with E-state index < -0.39 is 23.9 Å². The average Bonchev–Trinajstić information content (AvgIpc) is 3.07. The van der Waals surface area contributed by atoms with E-state index in [1.165, 1.54) is 24.3 Å². The number of carboxylic acids is 4. The molecule has 6 N–H and O–H groups in total. The van der Waals surface area contributed by atoms with Crippen molar-refractivity contribution < 1.29 is 39.6 Å². The van der Waals surface area contributed by atoms with Gasteiger partial charge in [-0.15, -0.1) is 0 Å². The fourth-order valence-corrected chi connectivity index (χ4v) is 4.17. The molecule has 0 atom stereocenters. The van der Waals surface area contributed by atoms with Crippen molar-refractivity contribution in [3.63, 3.8) is 0 Å². The summed E-state index contributed by atoms with van der Waals surface area (Å²) in [4.78, 5) is 57.7. The Labute approximate surface area is 279 Å². The van der Waals surface area contributed by atoms with Crippen LogP contribution in [0.4, 0.5) is 46.0 Å². The first-order valence-electron chi connectivity index (χ1n) is 13.6. The summed E-state index contributed by atoms with van der Waals surface area (Å²) in [6.07, 6.45) is 0. The molecule has 0 spiro atoms. The van der Waals surface area contributed by atoms with E-state index in [-0.39, 0.29) is 50.8 Å². The summed E-state index contributed by atoms with van der Waals surface area (Å²) in [6, 6.07) is 19.8. The number of aromatic nitrogens is 3. The Morgan fingerprint density at radius 1 is 0.469 bits per heavy atom. The van der Waals surface area contributed by atoms with Gasteiger partial charge in [0.2, 0.25) is 17.2 Å². The summed E-state index contributed by atoms with van der Waals surface area (Å²) in [5, 5.41) is 58.8. The zero-order valence-corrected chi connectivity index (χ0v) is 25.3. The van der Waals surface area contributed by atoms with Gasteiger partial charge < -0.3 is 31.1 Å². The van der Waals surface area contributed by atoms with E-state index in [2.05, 4.69) is 46.0 Å². The lowest BCUT2D eigenvalue weighted by Crippen LogP contribution is -2.03. The standard InChI is InChI=1S/C31H20ClN9O8/c32-29-35-30(33-19-1-5-21(6-2-19)38-40-23-11-15(25(42)43)9-16(12-23)26(44)45)37-31(36-29)34-20-3-7-22(8-4-20)39-41-24-13-17(27(46)47)10-18(14-24)28(48)49/h1-14H,(H,42,43)(H,44,45)(H,46,47)(H,48,49)(H2,33,34,35,36,37). The van der Waals surface area contributed by atoms with Gasteiger partial charge in [-0.25, -0.2) is 19.2 Å². The highest BCUT2D eigenvalue weighted by Crippen LogP contribution is 2.26. The maximum Gasteiger partial charge on any atom is 0.335 e. The molecule has 17 nitrogen and oxygen atoms in total. The first-order valence-corrected chi connectivity index (χ1v) is 14.0. The predicted molar refractivity (Wildman–Crippen MR) is 173 cm³/mol. The highest BCUT2D eigenvalue weighted by Gasteiger charge is 2.13. The number of azo groups is 2. The average molecular weight is 682 g/mol. The van der Waals surface area contributed by atoms with Crippen molar-refractivity contribution in [1.82, 2.24) is 15.0 Å². The van der Waals surface area contributed by atoms with Gasteiger partial charge in [0.15, 0.2) is 0 Å². The van der Waals surface area contributed by atoms with E-state index in [1.54, 1.807) is 48.5 Å². The van der Waals surface area contributed by atoms with Crippen LogP contribution in [0.5, 0.6) is 0 Å². The molecule has 0 unspecified atom stereocenters. The molecule has 0 amide bonds. The lowest BCUT2D eigenvalue weighted by atomic mass is 10.1. The van der Waals surface area contributed by atoms with Crippen molar-refractivity contribution in [3.05, 3.63) is 112 Å². The molecule has 5 aromatic rings. The Kier molecular flexibility index (Phi) is 9.85. The van der Waals surface area contributed by atoms with Gasteiger partial charge >= 0.3 is 23.9 Å². The molecule has 0 fully saturated rings. The third-order valence-electron chi connectivity index (χ3n) is 6.24. The van der Waals surface area contributed by atoms with Crippen LogP contribution >= 0.6 is 11.6 Å². The lowest BCUT2D eigenvalue weighted by Gasteiger charge is -2.09. The van der Waals surface area contributed by atoms with E-state index in [0.717, 1.165) is 12.1 Å². The van der Waals surface area contributed by atoms with E-state index >= 15 is 0 Å². The van der Waals surface area contributed by atoms with Crippen molar-refractivity contribution in [2.24, 2.45) is 20.5 Å². The first-order chi connectivity index (χ1) is 23.4. The molecule has 4 aromatic carbocycles. The van der Waals surface area contributed by atoms with Gasteiger partial charge in [-0.2, -0.15) is 35.4 Å². The van der Waals surface area contributed by atoms with Crippen LogP contribution in [0.2, 0.25) is 5.28 Å². The fourth-order valence-electron chi connectivity index (χ4n) is 4.01. The van der Waals surface area contributed by atoms with Crippen LogP contribution in [0.1, 0.15) is 41.4 Å². The van der Waals surface area contributed by atoms with Gasteiger partial charge in [0.25, 0.3) is 0 Å². The smallest absolute Gasteiger partial charge is 0.335 e. The summed E-state index contributed by atoms with van der Waals surface area (Å²) in [6.45, 7) is 0. The molecular weight excluding hydrogens is 662 g/mol. The number of carbonyl (C=O) groups is 4. The minimum Gasteiger partial charge on any atom is -0.478 e. The number of nitrogens with one attached hydrogen (secondary N) is 2. The Bertz CT molecular complexity index is 1940. The van der Waals surface area contributed by atoms with Crippen LogP contribution in [-0.2, 0) is 0 Å². The second-order valence-electron chi connectivity index (χ2n) is 9.75. The van der Waals surface area contributed by atoms with Crippen molar-refractivity contribution in [1.29, 1.82) is 0 Å². The number of nitrogens with zero attached hydrogens (tertiary/aromatic N) is 7. The van der Waals surface area contributed by atoms with Crippen LogP contribution in [-0.4, -0.2) is 59.3 Å². The number of aromatic carboxylic acids is 4. The minimum absolute atomic E-state index is 0.0535. The molecule has 0 saturated heterocycles. The van der Waals surface area contributed by atoms with Crippen molar-refractivity contribution in [2.75, 3.05) is 10.6 Å². The zero-order chi connectivity index (χ0) is 35.1. The molecular formula is C31H20ClN9O8. The summed E-state index contributed by atoms with van der Waals surface area (Å²) < 4.78 is 0. The maximum atomic E-state index is 11.3. The molecule has 244 valence electrons. The number of carboxylic acid groups (broad SMARTS) is 4. The molecule has 0 saturated carbocycles. The molecule has 5 rings (SSSR count). The third kappa shape index (κ3) is 8.99. The molecule has 18 heteroatoms. The molecule has 1 heterocycles. The van der Waals surface area contributed by atoms with E-state index in [9.17, 15) is 39.6 Å². The highest BCUT2D eigenvalue weighted by atomic mass is 35.5. The quantitative estimate of drug-likeness (QED) is 0.0692. The molecule has 0 aliphatic rings. The number of anilines is 4. The van der Waals surface area contributed by atoms with Gasteiger partial charge in [-0.05, 0) is 96.5 Å². The summed E-state index contributed by atoms with van der Waals surface area (Å²) in [5.74, 6) is -4.98. The van der Waals surface area contributed by atoms with E-state index in [4.69, 9.17) is 11.6 Å². The van der Waals surface area contributed by atoms with E-state index in [0.29, 0.717) is 22.7 Å². The monoisotopic (exact) mass is 681 g/mol. The van der Waals surface area contributed by atoms with Crippen molar-refractivity contribution in [2.45, 2.75) is 0 Å². The number of hydrogen-bond acceptors (Lipinski definition) is 13. The molecule has 0 aliphatic carbocycles. The van der Waals surface area contributed by atoms with Gasteiger partial charge in [-0.3, -0.25) is 0 Å². The Morgan fingerprint density at radius 3 is 1.08 bits per heavy atom. The number of halogens is 1. The van der Waals surface area contributed by atoms with Crippen molar-refractivity contribution >= 4 is 81.5 Å². The van der Waals surface area contributed by atoms with Gasteiger partial charge in [0, 0.05) is 11.4 Å². The van der Waals surface area contributed by atoms with Crippen molar-refractivity contribution in [3.8, 4) is 0 Å². The third-order valence-corrected chi connectivity index (χ3v) is 6.41. The minimum atomic E-state index is -1.30. The second-order valence-corrected chi connectivity index (χ2v) is 10.1. The highest BCUT2D eigenvalue weighted by molar-refractivity contribution is 6.28. The largest absolute Gasteiger partial charge is 0.478 e. The number of rotatable bonds is 12. The molecule has 0 radical (unpaired) electrons. The molecule has 0 aliphatic heterocycles. The zero-order valence-electron chi connectivity index (χ0n) is 24.5. The summed E-state index contributed by atoms with van der Waals surface area (Å²) in [7, 11) is 0. The lowest BCUT2D eigenvalue weighted by molar-refractivity contribution is 0.0676. The maximum absolute atomic E-state index is 11.3. The first kappa shape index (κ1) is 33.2. The number of hydrogen-bond donors (Lipinski definition) is 6. The molecule has 49 heavy (non-hydrogen) atoms. The van der Waals surface area contributed by atoms with Crippen LogP contribution in [0.25, 0.3) is 0 Å². The van der Waals surface area contributed by atoms with Gasteiger partial charge in [0.1, 0.15) is 0 Å². The Balaban J connectivity index is 1.24. The summed E-state index contributed by atoms with van der Waals surface area (Å²) >= 11 is 6.11. The fraction of sp³-hybridized carbons (Fsp3) is 0. The normalized spacial score (nSPS) is 11.0. The molecule has 1 aromatic heterocycles. The van der Waals surface area contributed by atoms with Crippen LogP contribution in [0.15, 0.2) is 105 Å². The Morgan fingerprint density at radius 2 is 0.776 bits per heavy atom. The van der Waals surface area contributed by atoms with Crippen LogP contribution in [0, 0.1) is 0 Å². The molecule has 0 bridgehead atoms. The topological polar surface area (TPSA) is 261 Å². The SMILES string of the molecule is O=C(O)c1cc(N=Nc2ccc(Nc3nc(Cl)nc(Nc4ccc(N=Nc5cc(C(=O)O)cc(C(=O)O)c5)cc4)n3)cc2)cc(C(=O)O)c1.